The molecule has 1 unspecified atom stereocenters. The molecule has 96 valence electrons. The van der Waals surface area contributed by atoms with Crippen molar-refractivity contribution in [2.24, 2.45) is 11.7 Å². The second kappa shape index (κ2) is 6.15. The highest BCUT2D eigenvalue weighted by Crippen LogP contribution is 2.38. The lowest BCUT2D eigenvalue weighted by Crippen LogP contribution is -2.14. The van der Waals surface area contributed by atoms with E-state index in [1.807, 2.05) is 0 Å². The summed E-state index contributed by atoms with van der Waals surface area (Å²) in [4.78, 5) is 4.39. The van der Waals surface area contributed by atoms with Gasteiger partial charge in [0, 0.05) is 6.42 Å². The average Bonchev–Trinajstić information content (AvgIpc) is 3.08. The predicted octanol–water partition coefficient (Wildman–Crippen LogP) is 2.99. The molecule has 1 aromatic rings. The lowest BCUT2D eigenvalue weighted by Gasteiger charge is -2.01. The van der Waals surface area contributed by atoms with Gasteiger partial charge in [-0.05, 0) is 25.2 Å². The molecule has 1 fully saturated rings. The van der Waals surface area contributed by atoms with E-state index in [0.717, 1.165) is 18.7 Å². The maximum absolute atomic E-state index is 6.02. The Morgan fingerprint density at radius 2 is 2.06 bits per heavy atom. The van der Waals surface area contributed by atoms with Crippen molar-refractivity contribution in [2.45, 2.75) is 64.3 Å². The standard InChI is InChI=1S/C13H23N3O/c1-2-3-4-5-6-7-11-15-13(16-17-11)12(14)10-8-9-10/h10,12H,2-9,14H2,1H3. The van der Waals surface area contributed by atoms with Gasteiger partial charge in [-0.2, -0.15) is 4.98 Å². The lowest BCUT2D eigenvalue weighted by molar-refractivity contribution is 0.363. The van der Waals surface area contributed by atoms with Crippen LogP contribution in [0.1, 0.15) is 69.6 Å². The van der Waals surface area contributed by atoms with Gasteiger partial charge in [0.1, 0.15) is 0 Å². The molecule has 1 saturated carbocycles. The fourth-order valence-electron chi connectivity index (χ4n) is 2.05. The van der Waals surface area contributed by atoms with Crippen molar-refractivity contribution < 1.29 is 4.52 Å². The van der Waals surface area contributed by atoms with Crippen molar-refractivity contribution >= 4 is 0 Å². The van der Waals surface area contributed by atoms with Crippen LogP contribution in [0.15, 0.2) is 4.52 Å². The van der Waals surface area contributed by atoms with Crippen molar-refractivity contribution in [3.8, 4) is 0 Å². The minimum Gasteiger partial charge on any atom is -0.339 e. The molecule has 0 aromatic carbocycles. The van der Waals surface area contributed by atoms with E-state index < -0.39 is 0 Å². The Bertz CT molecular complexity index is 333. The highest BCUT2D eigenvalue weighted by atomic mass is 16.5. The van der Waals surface area contributed by atoms with Crippen LogP contribution in [0.5, 0.6) is 0 Å². The van der Waals surface area contributed by atoms with E-state index in [1.54, 1.807) is 0 Å². The molecule has 4 heteroatoms. The zero-order valence-corrected chi connectivity index (χ0v) is 10.7. The Hall–Kier alpha value is -0.900. The third-order valence-corrected chi connectivity index (χ3v) is 3.41. The average molecular weight is 237 g/mol. The fraction of sp³-hybridized carbons (Fsp3) is 0.846. The maximum Gasteiger partial charge on any atom is 0.226 e. The Kier molecular flexibility index (Phi) is 4.54. The van der Waals surface area contributed by atoms with E-state index >= 15 is 0 Å². The molecule has 1 aromatic heterocycles. The van der Waals surface area contributed by atoms with Gasteiger partial charge in [-0.15, -0.1) is 0 Å². The summed E-state index contributed by atoms with van der Waals surface area (Å²) in [6.07, 6.45) is 9.61. The fourth-order valence-corrected chi connectivity index (χ4v) is 2.05. The van der Waals surface area contributed by atoms with Crippen LogP contribution in [0, 0.1) is 5.92 Å². The molecule has 17 heavy (non-hydrogen) atoms. The molecule has 4 nitrogen and oxygen atoms in total. The quantitative estimate of drug-likeness (QED) is 0.706. The molecule has 0 aliphatic heterocycles. The number of aryl methyl sites for hydroxylation is 1. The number of hydrogen-bond acceptors (Lipinski definition) is 4. The molecule has 0 spiro atoms. The number of hydrogen-bond donors (Lipinski definition) is 1. The molecule has 1 aliphatic rings. The first-order valence-electron chi connectivity index (χ1n) is 6.89. The summed E-state index contributed by atoms with van der Waals surface area (Å²) in [6, 6.07) is -0.00686. The van der Waals surface area contributed by atoms with Crippen LogP contribution in [0.25, 0.3) is 0 Å². The highest BCUT2D eigenvalue weighted by molar-refractivity contribution is 4.99. The van der Waals surface area contributed by atoms with Gasteiger partial charge in [-0.1, -0.05) is 37.8 Å². The largest absolute Gasteiger partial charge is 0.339 e. The van der Waals surface area contributed by atoms with Crippen LogP contribution < -0.4 is 5.73 Å². The first-order chi connectivity index (χ1) is 8.31. The lowest BCUT2D eigenvalue weighted by atomic mass is 10.1. The molecule has 2 N–H and O–H groups in total. The number of nitrogens with two attached hydrogens (primary N) is 1. The Morgan fingerprint density at radius 1 is 1.29 bits per heavy atom. The summed E-state index contributed by atoms with van der Waals surface area (Å²) in [7, 11) is 0. The van der Waals surface area contributed by atoms with Crippen molar-refractivity contribution in [3.63, 3.8) is 0 Å². The topological polar surface area (TPSA) is 64.9 Å². The van der Waals surface area contributed by atoms with Crippen LogP contribution in [0.4, 0.5) is 0 Å². The molecule has 0 amide bonds. The zero-order chi connectivity index (χ0) is 12.1. The summed E-state index contributed by atoms with van der Waals surface area (Å²) in [6.45, 7) is 2.23. The van der Waals surface area contributed by atoms with Gasteiger partial charge in [0.25, 0.3) is 0 Å². The van der Waals surface area contributed by atoms with Crippen molar-refractivity contribution in [3.05, 3.63) is 11.7 Å². The number of nitrogens with zero attached hydrogens (tertiary/aromatic N) is 2. The summed E-state index contributed by atoms with van der Waals surface area (Å²) >= 11 is 0. The molecule has 0 radical (unpaired) electrons. The van der Waals surface area contributed by atoms with E-state index in [0.29, 0.717) is 11.7 Å². The molecule has 1 aliphatic carbocycles. The van der Waals surface area contributed by atoms with E-state index in [2.05, 4.69) is 17.1 Å². The molecule has 0 saturated heterocycles. The molecular formula is C13H23N3O. The third kappa shape index (κ3) is 3.80. The second-order valence-corrected chi connectivity index (χ2v) is 5.07. The molecule has 1 heterocycles. The van der Waals surface area contributed by atoms with Gasteiger partial charge in [0.2, 0.25) is 5.89 Å². The normalized spacial score (nSPS) is 17.3. The van der Waals surface area contributed by atoms with Gasteiger partial charge in [0.05, 0.1) is 6.04 Å². The van der Waals surface area contributed by atoms with E-state index in [-0.39, 0.29) is 6.04 Å². The van der Waals surface area contributed by atoms with E-state index in [9.17, 15) is 0 Å². The summed E-state index contributed by atoms with van der Waals surface area (Å²) in [5.41, 5.74) is 6.02. The summed E-state index contributed by atoms with van der Waals surface area (Å²) < 4.78 is 5.23. The van der Waals surface area contributed by atoms with Crippen LogP contribution in [-0.4, -0.2) is 10.1 Å². The molecule has 1 atom stereocenters. The van der Waals surface area contributed by atoms with Crippen LogP contribution in [-0.2, 0) is 6.42 Å². The van der Waals surface area contributed by atoms with E-state index in [4.69, 9.17) is 10.3 Å². The van der Waals surface area contributed by atoms with Crippen LogP contribution in [0.2, 0.25) is 0 Å². The minimum atomic E-state index is -0.00686. The van der Waals surface area contributed by atoms with Crippen molar-refractivity contribution in [1.29, 1.82) is 0 Å². The van der Waals surface area contributed by atoms with Gasteiger partial charge < -0.3 is 10.3 Å². The molecule has 2 rings (SSSR count). The van der Waals surface area contributed by atoms with Crippen LogP contribution in [0.3, 0.4) is 0 Å². The maximum atomic E-state index is 6.02. The molecule has 0 bridgehead atoms. The Morgan fingerprint density at radius 3 is 2.76 bits per heavy atom. The molecular weight excluding hydrogens is 214 g/mol. The summed E-state index contributed by atoms with van der Waals surface area (Å²) in [5, 5.41) is 3.98. The first-order valence-corrected chi connectivity index (χ1v) is 6.89. The number of aromatic nitrogens is 2. The predicted molar refractivity (Wildman–Crippen MR) is 66.4 cm³/mol. The Balaban J connectivity index is 1.70. The second-order valence-electron chi connectivity index (χ2n) is 5.07. The monoisotopic (exact) mass is 237 g/mol. The Labute approximate surface area is 103 Å². The van der Waals surface area contributed by atoms with Crippen molar-refractivity contribution in [2.75, 3.05) is 0 Å². The van der Waals surface area contributed by atoms with E-state index in [1.165, 1.54) is 38.5 Å². The highest BCUT2D eigenvalue weighted by Gasteiger charge is 2.32. The number of rotatable bonds is 8. The SMILES string of the molecule is CCCCCCCc1nc(C(N)C2CC2)no1. The van der Waals surface area contributed by atoms with Gasteiger partial charge >= 0.3 is 0 Å². The van der Waals surface area contributed by atoms with Gasteiger partial charge in [-0.25, -0.2) is 0 Å². The van der Waals surface area contributed by atoms with Crippen LogP contribution >= 0.6 is 0 Å². The zero-order valence-electron chi connectivity index (χ0n) is 10.7. The van der Waals surface area contributed by atoms with Gasteiger partial charge in [0.15, 0.2) is 5.82 Å². The smallest absolute Gasteiger partial charge is 0.226 e. The first kappa shape index (κ1) is 12.6. The third-order valence-electron chi connectivity index (χ3n) is 3.41. The summed E-state index contributed by atoms with van der Waals surface area (Å²) in [5.74, 6) is 2.05. The van der Waals surface area contributed by atoms with Crippen molar-refractivity contribution in [1.82, 2.24) is 10.1 Å². The van der Waals surface area contributed by atoms with Gasteiger partial charge in [-0.3, -0.25) is 0 Å². The minimum absolute atomic E-state index is 0.00686. The number of unbranched alkanes of at least 4 members (excludes halogenated alkanes) is 4.